The summed E-state index contributed by atoms with van der Waals surface area (Å²) in [6, 6.07) is 14.1. The van der Waals surface area contributed by atoms with Crippen molar-refractivity contribution in [2.24, 2.45) is 0 Å². The lowest BCUT2D eigenvalue weighted by atomic mass is 10.1. The lowest BCUT2D eigenvalue weighted by Gasteiger charge is -2.07. The molecule has 0 saturated carbocycles. The first-order chi connectivity index (χ1) is 10.1. The number of esters is 1. The van der Waals surface area contributed by atoms with E-state index in [-0.39, 0.29) is 23.9 Å². The first kappa shape index (κ1) is 14.9. The Hall–Kier alpha value is -2.49. The molecule has 2 aromatic carbocycles. The largest absolute Gasteiger partial charge is 0.508 e. The molecule has 0 amide bonds. The minimum absolute atomic E-state index is 0.0697. The zero-order valence-corrected chi connectivity index (χ0v) is 11.7. The molecule has 0 atom stereocenters. The topological polar surface area (TPSA) is 66.8 Å². The van der Waals surface area contributed by atoms with Gasteiger partial charge in [0.25, 0.3) is 0 Å². The highest BCUT2D eigenvalue weighted by atomic mass is 16.5. The van der Waals surface area contributed by atoms with E-state index in [0.29, 0.717) is 25.0 Å². The van der Waals surface area contributed by atoms with E-state index in [0.717, 1.165) is 5.56 Å². The average Bonchev–Trinajstić information content (AvgIpc) is 2.49. The van der Waals surface area contributed by atoms with Crippen LogP contribution in [0.5, 0.6) is 11.5 Å². The Labute approximate surface area is 123 Å². The predicted molar refractivity (Wildman–Crippen MR) is 79.2 cm³/mol. The van der Waals surface area contributed by atoms with E-state index in [1.165, 1.54) is 18.2 Å². The molecule has 21 heavy (non-hydrogen) atoms. The van der Waals surface area contributed by atoms with Crippen molar-refractivity contribution in [1.29, 1.82) is 0 Å². The summed E-state index contributed by atoms with van der Waals surface area (Å²) >= 11 is 0. The number of ether oxygens (including phenoxy) is 1. The SMILES string of the molecule is O=C(CCc1cc(O)ccc1O)OCCc1ccccc1. The van der Waals surface area contributed by atoms with E-state index in [1.807, 2.05) is 30.3 Å². The van der Waals surface area contributed by atoms with Gasteiger partial charge in [0.15, 0.2) is 0 Å². The third kappa shape index (κ3) is 4.84. The molecule has 4 heteroatoms. The van der Waals surface area contributed by atoms with Crippen molar-refractivity contribution in [2.75, 3.05) is 6.61 Å². The molecule has 0 fully saturated rings. The zero-order chi connectivity index (χ0) is 15.1. The van der Waals surface area contributed by atoms with Gasteiger partial charge in [0.05, 0.1) is 6.61 Å². The fraction of sp³-hybridized carbons (Fsp3) is 0.235. The third-order valence-electron chi connectivity index (χ3n) is 3.16. The maximum atomic E-state index is 11.6. The zero-order valence-electron chi connectivity index (χ0n) is 11.7. The second kappa shape index (κ2) is 7.33. The minimum atomic E-state index is -0.311. The summed E-state index contributed by atoms with van der Waals surface area (Å²) in [6.45, 7) is 0.342. The first-order valence-electron chi connectivity index (χ1n) is 6.85. The Kier molecular flexibility index (Phi) is 5.21. The molecule has 0 unspecified atom stereocenters. The maximum absolute atomic E-state index is 11.6. The number of carbonyl (C=O) groups is 1. The van der Waals surface area contributed by atoms with Crippen molar-refractivity contribution in [1.82, 2.24) is 0 Å². The Morgan fingerprint density at radius 2 is 1.76 bits per heavy atom. The highest BCUT2D eigenvalue weighted by Gasteiger charge is 2.07. The van der Waals surface area contributed by atoms with Crippen LogP contribution in [0, 0.1) is 0 Å². The number of phenolic OH excluding ortho intramolecular Hbond substituents is 2. The lowest BCUT2D eigenvalue weighted by molar-refractivity contribution is -0.143. The molecule has 2 rings (SSSR count). The van der Waals surface area contributed by atoms with Crippen LogP contribution in [0.3, 0.4) is 0 Å². The molecular weight excluding hydrogens is 268 g/mol. The van der Waals surface area contributed by atoms with Crippen LogP contribution >= 0.6 is 0 Å². The Morgan fingerprint density at radius 3 is 2.52 bits per heavy atom. The molecule has 0 radical (unpaired) electrons. The van der Waals surface area contributed by atoms with Crippen LogP contribution in [0.1, 0.15) is 17.5 Å². The van der Waals surface area contributed by atoms with Crippen LogP contribution in [-0.2, 0) is 22.4 Å². The molecule has 0 aliphatic carbocycles. The number of aryl methyl sites for hydroxylation is 1. The summed E-state index contributed by atoms with van der Waals surface area (Å²) in [4.78, 5) is 11.6. The van der Waals surface area contributed by atoms with Gasteiger partial charge in [0, 0.05) is 12.8 Å². The van der Waals surface area contributed by atoms with Crippen LogP contribution in [0.4, 0.5) is 0 Å². The summed E-state index contributed by atoms with van der Waals surface area (Å²) in [7, 11) is 0. The molecule has 4 nitrogen and oxygen atoms in total. The van der Waals surface area contributed by atoms with Gasteiger partial charge in [-0.2, -0.15) is 0 Å². The number of hydrogen-bond donors (Lipinski definition) is 2. The number of phenols is 2. The van der Waals surface area contributed by atoms with Gasteiger partial charge < -0.3 is 14.9 Å². The van der Waals surface area contributed by atoms with Gasteiger partial charge in [-0.1, -0.05) is 30.3 Å². The van der Waals surface area contributed by atoms with Crippen molar-refractivity contribution in [3.8, 4) is 11.5 Å². The van der Waals surface area contributed by atoms with Crippen molar-refractivity contribution < 1.29 is 19.7 Å². The second-order valence-corrected chi connectivity index (χ2v) is 4.77. The number of rotatable bonds is 6. The molecule has 2 N–H and O–H groups in total. The van der Waals surface area contributed by atoms with E-state index in [4.69, 9.17) is 4.74 Å². The van der Waals surface area contributed by atoms with Crippen LogP contribution in [0.2, 0.25) is 0 Å². The minimum Gasteiger partial charge on any atom is -0.508 e. The molecule has 110 valence electrons. The quantitative estimate of drug-likeness (QED) is 0.633. The Morgan fingerprint density at radius 1 is 1.00 bits per heavy atom. The van der Waals surface area contributed by atoms with Gasteiger partial charge in [0.2, 0.25) is 0 Å². The van der Waals surface area contributed by atoms with Gasteiger partial charge in [-0.3, -0.25) is 4.79 Å². The maximum Gasteiger partial charge on any atom is 0.306 e. The molecule has 0 spiro atoms. The number of carbonyl (C=O) groups excluding carboxylic acids is 1. The summed E-state index contributed by atoms with van der Waals surface area (Å²) in [5.41, 5.74) is 1.66. The normalized spacial score (nSPS) is 10.3. The monoisotopic (exact) mass is 286 g/mol. The molecule has 0 aromatic heterocycles. The van der Waals surface area contributed by atoms with Gasteiger partial charge in [-0.05, 0) is 35.7 Å². The highest BCUT2D eigenvalue weighted by molar-refractivity contribution is 5.69. The average molecular weight is 286 g/mol. The van der Waals surface area contributed by atoms with Crippen molar-refractivity contribution in [3.63, 3.8) is 0 Å². The van der Waals surface area contributed by atoms with Crippen LogP contribution < -0.4 is 0 Å². The van der Waals surface area contributed by atoms with E-state index in [9.17, 15) is 15.0 Å². The van der Waals surface area contributed by atoms with Crippen molar-refractivity contribution in [3.05, 3.63) is 59.7 Å². The fourth-order valence-electron chi connectivity index (χ4n) is 2.01. The lowest BCUT2D eigenvalue weighted by Crippen LogP contribution is -2.08. The summed E-state index contributed by atoms with van der Waals surface area (Å²) in [6.07, 6.45) is 1.19. The second-order valence-electron chi connectivity index (χ2n) is 4.77. The molecule has 2 aromatic rings. The molecule has 0 aliphatic rings. The smallest absolute Gasteiger partial charge is 0.306 e. The highest BCUT2D eigenvalue weighted by Crippen LogP contribution is 2.23. The van der Waals surface area contributed by atoms with Crippen molar-refractivity contribution in [2.45, 2.75) is 19.3 Å². The Balaban J connectivity index is 1.74. The molecular formula is C17H18O4. The standard InChI is InChI=1S/C17H18O4/c18-15-7-8-16(19)14(12-15)6-9-17(20)21-11-10-13-4-2-1-3-5-13/h1-5,7-8,12,18-19H,6,9-11H2. The van der Waals surface area contributed by atoms with Crippen LogP contribution in [-0.4, -0.2) is 22.8 Å². The number of aromatic hydroxyl groups is 2. The molecule has 0 aliphatic heterocycles. The summed E-state index contributed by atoms with van der Waals surface area (Å²) < 4.78 is 5.15. The van der Waals surface area contributed by atoms with Gasteiger partial charge in [-0.15, -0.1) is 0 Å². The van der Waals surface area contributed by atoms with Crippen LogP contribution in [0.15, 0.2) is 48.5 Å². The van der Waals surface area contributed by atoms with E-state index in [1.54, 1.807) is 0 Å². The summed E-state index contributed by atoms with van der Waals surface area (Å²) in [5.74, 6) is -0.168. The third-order valence-corrected chi connectivity index (χ3v) is 3.16. The first-order valence-corrected chi connectivity index (χ1v) is 6.85. The summed E-state index contributed by atoms with van der Waals surface area (Å²) in [5, 5.41) is 19.0. The van der Waals surface area contributed by atoms with E-state index >= 15 is 0 Å². The number of hydrogen-bond acceptors (Lipinski definition) is 4. The number of benzene rings is 2. The molecule has 0 bridgehead atoms. The Bertz CT molecular complexity index is 593. The molecule has 0 heterocycles. The molecule has 0 saturated heterocycles. The van der Waals surface area contributed by atoms with E-state index in [2.05, 4.69) is 0 Å². The van der Waals surface area contributed by atoms with Gasteiger partial charge >= 0.3 is 5.97 Å². The fourth-order valence-corrected chi connectivity index (χ4v) is 2.01. The predicted octanol–water partition coefficient (Wildman–Crippen LogP) is 2.82. The van der Waals surface area contributed by atoms with E-state index < -0.39 is 0 Å². The van der Waals surface area contributed by atoms with Gasteiger partial charge in [0.1, 0.15) is 11.5 Å². The van der Waals surface area contributed by atoms with Crippen molar-refractivity contribution >= 4 is 5.97 Å². The van der Waals surface area contributed by atoms with Crippen LogP contribution in [0.25, 0.3) is 0 Å². The van der Waals surface area contributed by atoms with Gasteiger partial charge in [-0.25, -0.2) is 0 Å².